The van der Waals surface area contributed by atoms with E-state index in [1.54, 1.807) is 0 Å². The van der Waals surface area contributed by atoms with Gasteiger partial charge in [-0.2, -0.15) is 5.10 Å². The molecule has 0 aliphatic carbocycles. The van der Waals surface area contributed by atoms with Gasteiger partial charge in [0.15, 0.2) is 0 Å². The lowest BCUT2D eigenvalue weighted by atomic mass is 10.3. The molecular formula is C6H8N2O. The Morgan fingerprint density at radius 3 is 2.56 bits per heavy atom. The lowest BCUT2D eigenvalue weighted by Crippen LogP contribution is -2.16. The smallest absolute Gasteiger partial charge is 0.267 e. The number of carbonyl (C=O) groups excluding carboxylic acids is 1. The van der Waals surface area contributed by atoms with E-state index in [9.17, 15) is 4.79 Å². The highest BCUT2D eigenvalue weighted by Crippen LogP contribution is 1.88. The first kappa shape index (κ1) is 7.62. The number of hydrazone groups is 1. The van der Waals surface area contributed by atoms with Gasteiger partial charge >= 0.3 is 0 Å². The topological polar surface area (TPSA) is 41.5 Å². The predicted octanol–water partition coefficient (Wildman–Crippen LogP) is 0.460. The lowest BCUT2D eigenvalue weighted by molar-refractivity contribution is -0.117. The summed E-state index contributed by atoms with van der Waals surface area (Å²) in [4.78, 5) is 10.6. The molecule has 0 saturated heterocycles. The van der Waals surface area contributed by atoms with Crippen molar-refractivity contribution in [2.75, 3.05) is 0 Å². The van der Waals surface area contributed by atoms with Crippen LogP contribution < -0.4 is 5.43 Å². The fraction of sp³-hybridized carbons (Fsp3) is 0. The summed E-state index contributed by atoms with van der Waals surface area (Å²) in [5.74, 6) is -0.375. The fourth-order valence-corrected chi connectivity index (χ4v) is 0.236. The van der Waals surface area contributed by atoms with Gasteiger partial charge in [0, 0.05) is 12.3 Å². The third-order valence-electron chi connectivity index (χ3n) is 0.719. The van der Waals surface area contributed by atoms with Gasteiger partial charge in [-0.15, -0.1) is 0 Å². The second kappa shape index (κ2) is 3.60. The summed E-state index contributed by atoms with van der Waals surface area (Å²) in [5, 5.41) is 3.15. The van der Waals surface area contributed by atoms with Gasteiger partial charge in [0.05, 0.1) is 0 Å². The molecule has 1 N–H and O–H groups in total. The molecule has 9 heavy (non-hydrogen) atoms. The SMILES string of the molecule is C=CC(=C)C(=O)NN=C. The van der Waals surface area contributed by atoms with E-state index >= 15 is 0 Å². The van der Waals surface area contributed by atoms with Crippen LogP contribution in [0.15, 0.2) is 29.9 Å². The number of amides is 1. The van der Waals surface area contributed by atoms with Gasteiger partial charge in [0.25, 0.3) is 5.91 Å². The summed E-state index contributed by atoms with van der Waals surface area (Å²) in [6.45, 7) is 9.78. The van der Waals surface area contributed by atoms with E-state index in [2.05, 4.69) is 30.4 Å². The van der Waals surface area contributed by atoms with Gasteiger partial charge < -0.3 is 0 Å². The van der Waals surface area contributed by atoms with E-state index in [1.165, 1.54) is 6.08 Å². The number of nitrogens with one attached hydrogen (secondary N) is 1. The molecule has 0 spiro atoms. The molecule has 0 aromatic heterocycles. The van der Waals surface area contributed by atoms with Crippen molar-refractivity contribution in [2.24, 2.45) is 5.10 Å². The molecule has 0 atom stereocenters. The van der Waals surface area contributed by atoms with Crippen molar-refractivity contribution in [2.45, 2.75) is 0 Å². The molecule has 1 amide bonds. The molecule has 0 unspecified atom stereocenters. The zero-order valence-corrected chi connectivity index (χ0v) is 5.05. The van der Waals surface area contributed by atoms with Crippen molar-refractivity contribution in [1.82, 2.24) is 5.43 Å². The second-order valence-corrected chi connectivity index (χ2v) is 1.33. The zero-order valence-electron chi connectivity index (χ0n) is 5.05. The Morgan fingerprint density at radius 1 is 1.67 bits per heavy atom. The minimum atomic E-state index is -0.375. The van der Waals surface area contributed by atoms with Crippen LogP contribution in [-0.4, -0.2) is 12.6 Å². The molecule has 0 aromatic rings. The highest BCUT2D eigenvalue weighted by atomic mass is 16.2. The second-order valence-electron chi connectivity index (χ2n) is 1.33. The maximum absolute atomic E-state index is 10.6. The monoisotopic (exact) mass is 124 g/mol. The maximum atomic E-state index is 10.6. The van der Waals surface area contributed by atoms with Crippen LogP contribution in [0.1, 0.15) is 0 Å². The molecule has 0 aliphatic heterocycles. The van der Waals surface area contributed by atoms with Crippen LogP contribution in [0.5, 0.6) is 0 Å². The summed E-state index contributed by atoms with van der Waals surface area (Å²) in [6, 6.07) is 0. The number of hydrogen-bond acceptors (Lipinski definition) is 2. The molecule has 0 heterocycles. The molecule has 3 nitrogen and oxygen atoms in total. The number of hydrogen-bond donors (Lipinski definition) is 1. The van der Waals surface area contributed by atoms with E-state index in [4.69, 9.17) is 0 Å². The summed E-state index contributed by atoms with van der Waals surface area (Å²) >= 11 is 0. The molecule has 0 aromatic carbocycles. The summed E-state index contributed by atoms with van der Waals surface area (Å²) < 4.78 is 0. The summed E-state index contributed by atoms with van der Waals surface area (Å²) in [5.41, 5.74) is 2.38. The van der Waals surface area contributed by atoms with Crippen molar-refractivity contribution in [3.05, 3.63) is 24.8 Å². The summed E-state index contributed by atoms with van der Waals surface area (Å²) in [7, 11) is 0. The van der Waals surface area contributed by atoms with Gasteiger partial charge in [0.1, 0.15) is 0 Å². The Hall–Kier alpha value is -1.38. The van der Waals surface area contributed by atoms with Gasteiger partial charge in [-0.1, -0.05) is 19.2 Å². The van der Waals surface area contributed by atoms with Crippen LogP contribution in [0, 0.1) is 0 Å². The Labute approximate surface area is 53.8 Å². The molecule has 3 heteroatoms. The van der Waals surface area contributed by atoms with E-state index in [0.717, 1.165) is 0 Å². The molecule has 0 aliphatic rings. The van der Waals surface area contributed by atoms with E-state index < -0.39 is 0 Å². The zero-order chi connectivity index (χ0) is 7.28. The average molecular weight is 124 g/mol. The first-order chi connectivity index (χ1) is 4.22. The van der Waals surface area contributed by atoms with Crippen LogP contribution in [-0.2, 0) is 4.79 Å². The average Bonchev–Trinajstić information content (AvgIpc) is 1.87. The third kappa shape index (κ3) is 2.43. The third-order valence-corrected chi connectivity index (χ3v) is 0.719. The van der Waals surface area contributed by atoms with E-state index in [0.29, 0.717) is 0 Å². The predicted molar refractivity (Wildman–Crippen MR) is 37.0 cm³/mol. The Balaban J connectivity index is 3.87. The lowest BCUT2D eigenvalue weighted by Gasteiger charge is -1.94. The fourth-order valence-electron chi connectivity index (χ4n) is 0.236. The minimum absolute atomic E-state index is 0.280. The van der Waals surface area contributed by atoms with Gasteiger partial charge in [-0.05, 0) is 0 Å². The number of nitrogens with zero attached hydrogens (tertiary/aromatic N) is 1. The number of rotatable bonds is 3. The van der Waals surface area contributed by atoms with Crippen LogP contribution >= 0.6 is 0 Å². The van der Waals surface area contributed by atoms with E-state index in [1.807, 2.05) is 0 Å². The number of carbonyl (C=O) groups is 1. The van der Waals surface area contributed by atoms with Gasteiger partial charge in [-0.25, -0.2) is 5.43 Å². The summed E-state index contributed by atoms with van der Waals surface area (Å²) in [6.07, 6.45) is 1.35. The molecule has 0 bridgehead atoms. The molecule has 0 saturated carbocycles. The van der Waals surface area contributed by atoms with Gasteiger partial charge in [0.2, 0.25) is 0 Å². The minimum Gasteiger partial charge on any atom is -0.267 e. The molecule has 0 fully saturated rings. The molecule has 0 rings (SSSR count). The standard InChI is InChI=1S/C6H8N2O/c1-4-5(2)6(9)8-7-3/h4H,1-3H2,(H,8,9). The van der Waals surface area contributed by atoms with Crippen molar-refractivity contribution in [1.29, 1.82) is 0 Å². The van der Waals surface area contributed by atoms with Gasteiger partial charge in [-0.3, -0.25) is 4.79 Å². The first-order valence-corrected chi connectivity index (χ1v) is 2.29. The molecule has 48 valence electrons. The molecular weight excluding hydrogens is 116 g/mol. The molecule has 0 radical (unpaired) electrons. The maximum Gasteiger partial charge on any atom is 0.270 e. The van der Waals surface area contributed by atoms with Crippen LogP contribution in [0.25, 0.3) is 0 Å². The first-order valence-electron chi connectivity index (χ1n) is 2.29. The quantitative estimate of drug-likeness (QED) is 0.252. The van der Waals surface area contributed by atoms with Crippen molar-refractivity contribution in [3.63, 3.8) is 0 Å². The highest BCUT2D eigenvalue weighted by Gasteiger charge is 1.97. The van der Waals surface area contributed by atoms with Crippen molar-refractivity contribution in [3.8, 4) is 0 Å². The van der Waals surface area contributed by atoms with Crippen LogP contribution in [0.2, 0.25) is 0 Å². The van der Waals surface area contributed by atoms with E-state index in [-0.39, 0.29) is 11.5 Å². The van der Waals surface area contributed by atoms with Crippen LogP contribution in [0.4, 0.5) is 0 Å². The Kier molecular flexibility index (Phi) is 3.05. The van der Waals surface area contributed by atoms with Crippen LogP contribution in [0.3, 0.4) is 0 Å². The van der Waals surface area contributed by atoms with Crippen molar-refractivity contribution < 1.29 is 4.79 Å². The van der Waals surface area contributed by atoms with Crippen molar-refractivity contribution >= 4 is 12.6 Å². The normalized spacial score (nSPS) is 7.56. The Morgan fingerprint density at radius 2 is 2.22 bits per heavy atom. The highest BCUT2D eigenvalue weighted by molar-refractivity contribution is 5.95. The largest absolute Gasteiger partial charge is 0.270 e. The Bertz CT molecular complexity index is 160.